The summed E-state index contributed by atoms with van der Waals surface area (Å²) in [6.07, 6.45) is 8.06. The summed E-state index contributed by atoms with van der Waals surface area (Å²) in [6, 6.07) is 20.5. The van der Waals surface area contributed by atoms with Crippen molar-refractivity contribution in [2.75, 3.05) is 6.54 Å². The topological polar surface area (TPSA) is 25.2 Å². The third-order valence-electron chi connectivity index (χ3n) is 4.50. The maximum atomic E-state index is 6.14. The number of hydrogen-bond acceptors (Lipinski definition) is 2. The average Bonchev–Trinajstić information content (AvgIpc) is 2.69. The summed E-state index contributed by atoms with van der Waals surface area (Å²) in [5.74, 6) is 0. The predicted octanol–water partition coefficient (Wildman–Crippen LogP) is 6.07. The highest BCUT2D eigenvalue weighted by atomic mass is 35.5. The van der Waals surface area contributed by atoms with Crippen molar-refractivity contribution in [3.8, 4) is 11.1 Å². The fourth-order valence-electron chi connectivity index (χ4n) is 3.28. The van der Waals surface area contributed by atoms with Gasteiger partial charge in [-0.3, -0.25) is 9.98 Å². The Kier molecular flexibility index (Phi) is 4.94. The van der Waals surface area contributed by atoms with Gasteiger partial charge in [0, 0.05) is 29.5 Å². The molecule has 0 N–H and O–H groups in total. The molecule has 26 heavy (non-hydrogen) atoms. The number of hydrogen-bond donors (Lipinski definition) is 0. The first kappa shape index (κ1) is 16.7. The minimum atomic E-state index is 0.754. The monoisotopic (exact) mass is 358 g/mol. The van der Waals surface area contributed by atoms with Crippen LogP contribution < -0.4 is 0 Å². The van der Waals surface area contributed by atoms with Gasteiger partial charge in [0.2, 0.25) is 0 Å². The van der Waals surface area contributed by atoms with Gasteiger partial charge < -0.3 is 0 Å². The van der Waals surface area contributed by atoms with Crippen LogP contribution >= 0.6 is 11.6 Å². The Balaban J connectivity index is 1.70. The number of halogens is 1. The van der Waals surface area contributed by atoms with Crippen LogP contribution in [0, 0.1) is 0 Å². The average molecular weight is 359 g/mol. The molecule has 3 heteroatoms. The van der Waals surface area contributed by atoms with E-state index in [1.807, 2.05) is 30.5 Å². The Bertz CT molecular complexity index is 974. The molecule has 2 heterocycles. The van der Waals surface area contributed by atoms with Crippen LogP contribution in [-0.4, -0.2) is 17.2 Å². The molecule has 0 amide bonds. The lowest BCUT2D eigenvalue weighted by Gasteiger charge is -2.16. The van der Waals surface area contributed by atoms with Crippen molar-refractivity contribution in [2.45, 2.75) is 12.8 Å². The first-order chi connectivity index (χ1) is 12.8. The smallest absolute Gasteiger partial charge is 0.0694 e. The van der Waals surface area contributed by atoms with Crippen LogP contribution in [0.1, 0.15) is 24.0 Å². The second-order valence-electron chi connectivity index (χ2n) is 6.38. The summed E-state index contributed by atoms with van der Waals surface area (Å²) in [7, 11) is 0. The van der Waals surface area contributed by atoms with Crippen LogP contribution in [0.4, 0.5) is 0 Å². The van der Waals surface area contributed by atoms with E-state index in [1.165, 1.54) is 11.1 Å². The van der Waals surface area contributed by atoms with E-state index in [2.05, 4.69) is 47.5 Å². The molecule has 0 aliphatic carbocycles. The number of pyridine rings is 1. The molecule has 1 aliphatic heterocycles. The van der Waals surface area contributed by atoms with E-state index in [0.717, 1.165) is 46.8 Å². The Labute approximate surface area is 158 Å². The summed E-state index contributed by atoms with van der Waals surface area (Å²) in [5, 5.41) is 0.754. The zero-order chi connectivity index (χ0) is 17.8. The molecule has 0 fully saturated rings. The Hall–Kier alpha value is -2.71. The fourth-order valence-corrected chi connectivity index (χ4v) is 3.47. The largest absolute Gasteiger partial charge is 0.284 e. The van der Waals surface area contributed by atoms with Crippen molar-refractivity contribution < 1.29 is 0 Å². The standard InChI is InChI=1S/C23H19ClN2/c24-22-10-2-7-19(15-22)18-6-1-5-17(13-18)14-20-8-4-12-26-23(20)21-9-3-11-25-16-21/h1-3,5-7,9-11,13-16H,4,8,12H2/b20-14+. The molecule has 1 aromatic heterocycles. The number of nitrogens with zero attached hydrogens (tertiary/aromatic N) is 2. The molecule has 2 aromatic carbocycles. The van der Waals surface area contributed by atoms with E-state index in [1.54, 1.807) is 6.20 Å². The van der Waals surface area contributed by atoms with Gasteiger partial charge in [0.1, 0.15) is 0 Å². The van der Waals surface area contributed by atoms with Gasteiger partial charge in [-0.1, -0.05) is 41.9 Å². The molecule has 2 nitrogen and oxygen atoms in total. The van der Waals surface area contributed by atoms with Crippen LogP contribution in [0.2, 0.25) is 5.02 Å². The fraction of sp³-hybridized carbons (Fsp3) is 0.130. The highest BCUT2D eigenvalue weighted by Gasteiger charge is 2.14. The summed E-state index contributed by atoms with van der Waals surface area (Å²) in [4.78, 5) is 9.00. The van der Waals surface area contributed by atoms with E-state index < -0.39 is 0 Å². The minimum Gasteiger partial charge on any atom is -0.284 e. The molecule has 0 saturated heterocycles. The molecule has 0 saturated carbocycles. The third kappa shape index (κ3) is 3.76. The number of aromatic nitrogens is 1. The Morgan fingerprint density at radius 2 is 1.69 bits per heavy atom. The van der Waals surface area contributed by atoms with Crippen molar-refractivity contribution >= 4 is 23.4 Å². The second-order valence-corrected chi connectivity index (χ2v) is 6.82. The van der Waals surface area contributed by atoms with E-state index in [9.17, 15) is 0 Å². The van der Waals surface area contributed by atoms with Gasteiger partial charge in [0.25, 0.3) is 0 Å². The first-order valence-corrected chi connectivity index (χ1v) is 9.19. The summed E-state index contributed by atoms with van der Waals surface area (Å²) in [6.45, 7) is 0.879. The highest BCUT2D eigenvalue weighted by Crippen LogP contribution is 2.26. The molecular weight excluding hydrogens is 340 g/mol. The molecule has 0 atom stereocenters. The molecule has 0 spiro atoms. The van der Waals surface area contributed by atoms with E-state index in [0.29, 0.717) is 0 Å². The van der Waals surface area contributed by atoms with Gasteiger partial charge in [-0.05, 0) is 71.5 Å². The van der Waals surface area contributed by atoms with Crippen LogP contribution in [0.5, 0.6) is 0 Å². The molecule has 0 bridgehead atoms. The number of aliphatic imine (C=N–C) groups is 1. The second kappa shape index (κ2) is 7.67. The SMILES string of the molecule is Clc1cccc(-c2cccc(/C=C3\CCCN=C3c3cccnc3)c2)c1. The van der Waals surface area contributed by atoms with E-state index in [4.69, 9.17) is 16.6 Å². The van der Waals surface area contributed by atoms with Crippen LogP contribution in [0.3, 0.4) is 0 Å². The van der Waals surface area contributed by atoms with Gasteiger partial charge >= 0.3 is 0 Å². The molecule has 1 aliphatic rings. The lowest BCUT2D eigenvalue weighted by atomic mass is 9.94. The minimum absolute atomic E-state index is 0.754. The Morgan fingerprint density at radius 3 is 2.50 bits per heavy atom. The maximum Gasteiger partial charge on any atom is 0.0694 e. The number of benzene rings is 2. The quantitative estimate of drug-likeness (QED) is 0.558. The third-order valence-corrected chi connectivity index (χ3v) is 4.73. The van der Waals surface area contributed by atoms with Gasteiger partial charge in [0.05, 0.1) is 5.71 Å². The summed E-state index contributed by atoms with van der Waals surface area (Å²) >= 11 is 6.14. The first-order valence-electron chi connectivity index (χ1n) is 8.81. The van der Waals surface area contributed by atoms with Crippen molar-refractivity contribution in [3.05, 3.63) is 94.8 Å². The summed E-state index contributed by atoms with van der Waals surface area (Å²) < 4.78 is 0. The number of rotatable bonds is 3. The molecule has 3 aromatic rings. The molecule has 128 valence electrons. The number of allylic oxidation sites excluding steroid dienone is 1. The van der Waals surface area contributed by atoms with E-state index >= 15 is 0 Å². The molecular formula is C23H19ClN2. The van der Waals surface area contributed by atoms with Crippen molar-refractivity contribution in [1.29, 1.82) is 0 Å². The predicted molar refractivity (Wildman–Crippen MR) is 110 cm³/mol. The molecule has 0 unspecified atom stereocenters. The summed E-state index contributed by atoms with van der Waals surface area (Å²) in [5.41, 5.74) is 6.89. The van der Waals surface area contributed by atoms with Crippen molar-refractivity contribution in [3.63, 3.8) is 0 Å². The highest BCUT2D eigenvalue weighted by molar-refractivity contribution is 6.30. The van der Waals surface area contributed by atoms with Gasteiger partial charge in [-0.2, -0.15) is 0 Å². The van der Waals surface area contributed by atoms with Crippen molar-refractivity contribution in [2.24, 2.45) is 4.99 Å². The van der Waals surface area contributed by atoms with Crippen LogP contribution in [-0.2, 0) is 0 Å². The maximum absolute atomic E-state index is 6.14. The van der Waals surface area contributed by atoms with Gasteiger partial charge in [-0.15, -0.1) is 0 Å². The molecule has 0 radical (unpaired) electrons. The Morgan fingerprint density at radius 1 is 0.885 bits per heavy atom. The lowest BCUT2D eigenvalue weighted by molar-refractivity contribution is 0.818. The van der Waals surface area contributed by atoms with Crippen LogP contribution in [0.25, 0.3) is 17.2 Å². The van der Waals surface area contributed by atoms with Gasteiger partial charge in [-0.25, -0.2) is 0 Å². The zero-order valence-corrected chi connectivity index (χ0v) is 15.2. The zero-order valence-electron chi connectivity index (χ0n) is 14.4. The van der Waals surface area contributed by atoms with Crippen molar-refractivity contribution in [1.82, 2.24) is 4.98 Å². The van der Waals surface area contributed by atoms with Crippen LogP contribution in [0.15, 0.2) is 83.6 Å². The van der Waals surface area contributed by atoms with E-state index in [-0.39, 0.29) is 0 Å². The normalized spacial score (nSPS) is 15.7. The lowest BCUT2D eigenvalue weighted by Crippen LogP contribution is -2.11. The molecule has 4 rings (SSSR count). The van der Waals surface area contributed by atoms with Gasteiger partial charge in [0.15, 0.2) is 0 Å².